The van der Waals surface area contributed by atoms with Crippen LogP contribution in [0.1, 0.15) is 25.1 Å². The van der Waals surface area contributed by atoms with Crippen LogP contribution >= 0.6 is 0 Å². The van der Waals surface area contributed by atoms with Gasteiger partial charge in [-0.1, -0.05) is 0 Å². The molecule has 8 heteroatoms. The normalized spacial score (nSPS) is 19.2. The van der Waals surface area contributed by atoms with Crippen molar-refractivity contribution in [1.29, 1.82) is 0 Å². The highest BCUT2D eigenvalue weighted by molar-refractivity contribution is 5.97. The Morgan fingerprint density at radius 3 is 2.32 bits per heavy atom. The molecular weight excluding hydrogens is 299 g/mol. The minimum Gasteiger partial charge on any atom is -0.368 e. The number of aliphatic hydroxyl groups is 1. The number of rotatable bonds is 2. The van der Waals surface area contributed by atoms with Gasteiger partial charge >= 0.3 is 6.18 Å². The van der Waals surface area contributed by atoms with Crippen LogP contribution < -0.4 is 5.01 Å². The second kappa shape index (κ2) is 5.28. The fourth-order valence-corrected chi connectivity index (χ4v) is 2.22. The van der Waals surface area contributed by atoms with Gasteiger partial charge in [0.15, 0.2) is 6.23 Å². The van der Waals surface area contributed by atoms with Gasteiger partial charge in [-0.25, -0.2) is 9.99 Å². The van der Waals surface area contributed by atoms with Crippen molar-refractivity contribution in [3.63, 3.8) is 0 Å². The molecule has 2 rings (SSSR count). The molecule has 0 aromatic carbocycles. The predicted molar refractivity (Wildman–Crippen MR) is 73.6 cm³/mol. The Hall–Kier alpha value is -2.09. The molecule has 0 saturated carbocycles. The van der Waals surface area contributed by atoms with Crippen LogP contribution in [-0.4, -0.2) is 34.3 Å². The molecule has 1 aliphatic rings. The van der Waals surface area contributed by atoms with Crippen LogP contribution in [0.15, 0.2) is 23.3 Å². The van der Waals surface area contributed by atoms with E-state index < -0.39 is 23.9 Å². The van der Waals surface area contributed by atoms with E-state index in [-0.39, 0.29) is 11.5 Å². The zero-order valence-electron chi connectivity index (χ0n) is 12.6. The Morgan fingerprint density at radius 1 is 1.27 bits per heavy atom. The van der Waals surface area contributed by atoms with Gasteiger partial charge in [0.25, 0.3) is 5.91 Å². The molecule has 1 aromatic heterocycles. The Kier molecular flexibility index (Phi) is 3.90. The summed E-state index contributed by atoms with van der Waals surface area (Å²) in [5.41, 5.74) is 0.132. The molecule has 1 aliphatic heterocycles. The van der Waals surface area contributed by atoms with E-state index in [1.165, 1.54) is 14.0 Å². The van der Waals surface area contributed by atoms with Gasteiger partial charge in [0.1, 0.15) is 5.82 Å². The molecule has 1 unspecified atom stereocenters. The average Bonchev–Trinajstić information content (AvgIpc) is 2.61. The number of amides is 1. The number of carbonyl (C=O) groups is 1. The molecule has 0 radical (unpaired) electrons. The first-order valence-corrected chi connectivity index (χ1v) is 6.52. The largest absolute Gasteiger partial charge is 0.416 e. The summed E-state index contributed by atoms with van der Waals surface area (Å²) >= 11 is 0. The summed E-state index contributed by atoms with van der Waals surface area (Å²) in [6.07, 6.45) is -5.73. The highest BCUT2D eigenvalue weighted by Gasteiger charge is 2.38. The third-order valence-corrected chi connectivity index (χ3v) is 3.66. The molecule has 0 fully saturated rings. The van der Waals surface area contributed by atoms with Crippen LogP contribution in [0, 0.1) is 6.92 Å². The zero-order chi connectivity index (χ0) is 16.8. The molecule has 5 nitrogen and oxygen atoms in total. The fourth-order valence-electron chi connectivity index (χ4n) is 2.22. The molecule has 120 valence electrons. The molecule has 0 aliphatic carbocycles. The number of hydrazine groups is 1. The molecule has 0 spiro atoms. The van der Waals surface area contributed by atoms with Gasteiger partial charge in [0.05, 0.1) is 5.56 Å². The molecule has 1 aromatic rings. The van der Waals surface area contributed by atoms with Crippen LogP contribution in [0.2, 0.25) is 0 Å². The fraction of sp³-hybridized carbons (Fsp3) is 0.429. The summed E-state index contributed by atoms with van der Waals surface area (Å²) in [6, 6.07) is 1.77. The third-order valence-electron chi connectivity index (χ3n) is 3.66. The van der Waals surface area contributed by atoms with E-state index in [4.69, 9.17) is 0 Å². The van der Waals surface area contributed by atoms with E-state index >= 15 is 0 Å². The van der Waals surface area contributed by atoms with E-state index in [0.717, 1.165) is 22.2 Å². The van der Waals surface area contributed by atoms with E-state index in [1.807, 2.05) is 0 Å². The van der Waals surface area contributed by atoms with Gasteiger partial charge < -0.3 is 5.11 Å². The predicted octanol–water partition coefficient (Wildman–Crippen LogP) is 2.26. The lowest BCUT2D eigenvalue weighted by atomic mass is 10.2. The maximum atomic E-state index is 12.9. The number of halogens is 3. The van der Waals surface area contributed by atoms with Crippen molar-refractivity contribution < 1.29 is 23.1 Å². The summed E-state index contributed by atoms with van der Waals surface area (Å²) < 4.78 is 38.6. The van der Waals surface area contributed by atoms with Gasteiger partial charge in [0, 0.05) is 18.3 Å². The van der Waals surface area contributed by atoms with Crippen LogP contribution in [0.5, 0.6) is 0 Å². The molecular formula is C14H16F3N3O2. The summed E-state index contributed by atoms with van der Waals surface area (Å²) in [4.78, 5) is 16.1. The van der Waals surface area contributed by atoms with Crippen LogP contribution in [0.3, 0.4) is 0 Å². The number of aromatic nitrogens is 1. The molecule has 2 heterocycles. The first-order valence-electron chi connectivity index (χ1n) is 6.52. The van der Waals surface area contributed by atoms with Crippen molar-refractivity contribution in [2.24, 2.45) is 0 Å². The molecule has 0 bridgehead atoms. The van der Waals surface area contributed by atoms with Gasteiger partial charge in [-0.15, -0.1) is 0 Å². The number of anilines is 1. The SMILES string of the molecule is CC1=C(C)C(O)N(N(C)c2cc(C(F)(F)F)cc(C)n2)C1=O. The number of pyridine rings is 1. The smallest absolute Gasteiger partial charge is 0.368 e. The standard InChI is InChI=1S/C14H16F3N3O2/c1-7-5-10(14(15,16)17)6-11(18-7)19(4)20-12(21)8(2)9(3)13(20)22/h5-6,12,21H,1-4H3. The number of hydrogen-bond donors (Lipinski definition) is 1. The quantitative estimate of drug-likeness (QED) is 0.909. The Labute approximate surface area is 125 Å². The molecule has 1 N–H and O–H groups in total. The first-order chi connectivity index (χ1) is 10.0. The maximum absolute atomic E-state index is 12.9. The monoisotopic (exact) mass is 315 g/mol. The highest BCUT2D eigenvalue weighted by Crippen LogP contribution is 2.33. The topological polar surface area (TPSA) is 56.7 Å². The van der Waals surface area contributed by atoms with Gasteiger partial charge in [0.2, 0.25) is 0 Å². The van der Waals surface area contributed by atoms with Gasteiger partial charge in [-0.2, -0.15) is 13.2 Å². The molecule has 0 saturated heterocycles. The number of carbonyl (C=O) groups excluding carboxylic acids is 1. The number of alkyl halides is 3. The van der Waals surface area contributed by atoms with Crippen molar-refractivity contribution in [3.05, 3.63) is 34.5 Å². The summed E-state index contributed by atoms with van der Waals surface area (Å²) in [6.45, 7) is 4.58. The lowest BCUT2D eigenvalue weighted by molar-refractivity contribution is -0.137. The maximum Gasteiger partial charge on any atom is 0.416 e. The van der Waals surface area contributed by atoms with Crippen LogP contribution in [0.25, 0.3) is 0 Å². The third kappa shape index (κ3) is 2.66. The van der Waals surface area contributed by atoms with Gasteiger partial charge in [-0.3, -0.25) is 9.80 Å². The summed E-state index contributed by atoms with van der Waals surface area (Å²) in [5.74, 6) is -0.536. The summed E-state index contributed by atoms with van der Waals surface area (Å²) in [7, 11) is 1.38. The van der Waals surface area contributed by atoms with Crippen LogP contribution in [-0.2, 0) is 11.0 Å². The Morgan fingerprint density at radius 2 is 1.86 bits per heavy atom. The number of hydrogen-bond acceptors (Lipinski definition) is 4. The Bertz CT molecular complexity index is 655. The lowest BCUT2D eigenvalue weighted by Crippen LogP contribution is -2.48. The van der Waals surface area contributed by atoms with Crippen molar-refractivity contribution >= 4 is 11.7 Å². The second-order valence-corrected chi connectivity index (χ2v) is 5.21. The van der Waals surface area contributed by atoms with Crippen molar-refractivity contribution in [1.82, 2.24) is 9.99 Å². The zero-order valence-corrected chi connectivity index (χ0v) is 12.6. The second-order valence-electron chi connectivity index (χ2n) is 5.21. The van der Waals surface area contributed by atoms with Crippen molar-refractivity contribution in [3.8, 4) is 0 Å². The first kappa shape index (κ1) is 16.3. The van der Waals surface area contributed by atoms with E-state index in [1.54, 1.807) is 13.8 Å². The number of aliphatic hydroxyl groups excluding tert-OH is 1. The average molecular weight is 315 g/mol. The summed E-state index contributed by atoms with van der Waals surface area (Å²) in [5, 5.41) is 12.2. The highest BCUT2D eigenvalue weighted by atomic mass is 19.4. The van der Waals surface area contributed by atoms with E-state index in [2.05, 4.69) is 4.98 Å². The molecule has 1 atom stereocenters. The molecule has 1 amide bonds. The number of aryl methyl sites for hydroxylation is 1. The van der Waals surface area contributed by atoms with Crippen LogP contribution in [0.4, 0.5) is 19.0 Å². The van der Waals surface area contributed by atoms with Crippen molar-refractivity contribution in [2.75, 3.05) is 12.1 Å². The minimum atomic E-state index is -4.51. The van der Waals surface area contributed by atoms with Crippen molar-refractivity contribution in [2.45, 2.75) is 33.2 Å². The van der Waals surface area contributed by atoms with E-state index in [9.17, 15) is 23.1 Å². The van der Waals surface area contributed by atoms with E-state index in [0.29, 0.717) is 11.1 Å². The lowest BCUT2D eigenvalue weighted by Gasteiger charge is -2.32. The molecule has 22 heavy (non-hydrogen) atoms. The Balaban J connectivity index is 2.41. The van der Waals surface area contributed by atoms with Gasteiger partial charge in [-0.05, 0) is 38.5 Å². The minimum absolute atomic E-state index is 0.0674. The number of nitrogens with zero attached hydrogens (tertiary/aromatic N) is 3.